The molecule has 9 N–H and O–H groups in total. The number of primary amides is 1. The topological polar surface area (TPSA) is 209 Å². The van der Waals surface area contributed by atoms with Gasteiger partial charge in [0.1, 0.15) is 18.1 Å². The SMILES string of the molecule is NC(=O)CC(NC(=O)C(CS)NC(=O)C(N)CS)C(=O)NC(Cc1c[nH]c2ccccc12)C(=O)O. The van der Waals surface area contributed by atoms with E-state index in [-0.39, 0.29) is 17.9 Å². The molecule has 2 aromatic rings. The Morgan fingerprint density at radius 3 is 2.11 bits per heavy atom. The number of para-hydroxylation sites is 1. The molecule has 2 rings (SSSR count). The average Bonchev–Trinajstić information content (AvgIpc) is 3.23. The second kappa shape index (κ2) is 13.0. The highest BCUT2D eigenvalue weighted by molar-refractivity contribution is 7.80. The lowest BCUT2D eigenvalue weighted by atomic mass is 10.0. The molecule has 1 aromatic carbocycles. The number of aromatic nitrogens is 1. The van der Waals surface area contributed by atoms with Crippen LogP contribution in [0, 0.1) is 0 Å². The van der Waals surface area contributed by atoms with Crippen LogP contribution in [0.2, 0.25) is 0 Å². The number of hydrogen-bond acceptors (Lipinski definition) is 8. The van der Waals surface area contributed by atoms with Crippen molar-refractivity contribution in [3.63, 3.8) is 0 Å². The van der Waals surface area contributed by atoms with Crippen LogP contribution in [-0.2, 0) is 30.4 Å². The predicted molar refractivity (Wildman–Crippen MR) is 135 cm³/mol. The van der Waals surface area contributed by atoms with E-state index in [1.807, 2.05) is 18.2 Å². The monoisotopic (exact) mass is 524 g/mol. The highest BCUT2D eigenvalue weighted by Gasteiger charge is 2.31. The minimum Gasteiger partial charge on any atom is -0.480 e. The van der Waals surface area contributed by atoms with Crippen molar-refractivity contribution in [2.24, 2.45) is 11.5 Å². The molecule has 0 aliphatic rings. The molecular formula is C21H28N6O6S2. The lowest BCUT2D eigenvalue weighted by Gasteiger charge is -2.24. The number of carbonyl (C=O) groups excluding carboxylic acids is 4. The number of thiol groups is 2. The molecule has 0 fully saturated rings. The van der Waals surface area contributed by atoms with Crippen molar-refractivity contribution >= 4 is 65.8 Å². The van der Waals surface area contributed by atoms with Crippen molar-refractivity contribution < 1.29 is 29.1 Å². The summed E-state index contributed by atoms with van der Waals surface area (Å²) in [5, 5.41) is 17.5. The average molecular weight is 525 g/mol. The zero-order valence-electron chi connectivity index (χ0n) is 18.6. The second-order valence-corrected chi connectivity index (χ2v) is 8.46. The molecule has 190 valence electrons. The van der Waals surface area contributed by atoms with Crippen molar-refractivity contribution in [2.75, 3.05) is 11.5 Å². The molecule has 1 aromatic heterocycles. The Morgan fingerprint density at radius 2 is 1.51 bits per heavy atom. The van der Waals surface area contributed by atoms with Gasteiger partial charge in [0.2, 0.25) is 23.6 Å². The Morgan fingerprint density at radius 1 is 0.914 bits per heavy atom. The minimum absolute atomic E-state index is 0.0342. The molecule has 0 saturated carbocycles. The van der Waals surface area contributed by atoms with Gasteiger partial charge in [-0.25, -0.2) is 4.79 Å². The number of carboxylic acids is 1. The van der Waals surface area contributed by atoms with Crippen molar-refractivity contribution in [1.82, 2.24) is 20.9 Å². The molecular weight excluding hydrogens is 496 g/mol. The number of nitrogens with two attached hydrogens (primary N) is 2. The molecule has 35 heavy (non-hydrogen) atoms. The molecule has 0 bridgehead atoms. The number of benzene rings is 1. The highest BCUT2D eigenvalue weighted by Crippen LogP contribution is 2.19. The maximum atomic E-state index is 12.9. The van der Waals surface area contributed by atoms with E-state index in [0.29, 0.717) is 5.56 Å². The summed E-state index contributed by atoms with van der Waals surface area (Å²) in [6.45, 7) is 0. The lowest BCUT2D eigenvalue weighted by Crippen LogP contribution is -2.58. The third-order valence-corrected chi connectivity index (χ3v) is 5.86. The van der Waals surface area contributed by atoms with E-state index in [2.05, 4.69) is 46.2 Å². The Balaban J connectivity index is 2.14. The third kappa shape index (κ3) is 7.90. The minimum atomic E-state index is -1.48. The van der Waals surface area contributed by atoms with Crippen molar-refractivity contribution in [2.45, 2.75) is 37.0 Å². The van der Waals surface area contributed by atoms with Gasteiger partial charge in [-0.15, -0.1) is 0 Å². The number of H-pyrrole nitrogens is 1. The second-order valence-electron chi connectivity index (χ2n) is 7.73. The van der Waals surface area contributed by atoms with E-state index in [1.54, 1.807) is 12.3 Å². The maximum absolute atomic E-state index is 12.9. The number of carbonyl (C=O) groups is 5. The first-order valence-corrected chi connectivity index (χ1v) is 11.8. The zero-order valence-corrected chi connectivity index (χ0v) is 20.4. The highest BCUT2D eigenvalue weighted by atomic mass is 32.1. The molecule has 14 heteroatoms. The molecule has 0 aliphatic heterocycles. The van der Waals surface area contributed by atoms with Gasteiger partial charge in [-0.1, -0.05) is 18.2 Å². The predicted octanol–water partition coefficient (Wildman–Crippen LogP) is -1.69. The van der Waals surface area contributed by atoms with Gasteiger partial charge in [0, 0.05) is 35.0 Å². The summed E-state index contributed by atoms with van der Waals surface area (Å²) >= 11 is 7.94. The number of carboxylic acid groups (broad SMARTS) is 1. The Hall–Kier alpha value is -3.23. The van der Waals surface area contributed by atoms with Gasteiger partial charge in [0.05, 0.1) is 12.5 Å². The lowest BCUT2D eigenvalue weighted by molar-refractivity contribution is -0.142. The fourth-order valence-corrected chi connectivity index (χ4v) is 3.65. The summed E-state index contributed by atoms with van der Waals surface area (Å²) in [6.07, 6.45) is 0.991. The van der Waals surface area contributed by atoms with Gasteiger partial charge in [-0.05, 0) is 11.6 Å². The first-order valence-electron chi connectivity index (χ1n) is 10.5. The van der Waals surface area contributed by atoms with E-state index in [0.717, 1.165) is 10.9 Å². The van der Waals surface area contributed by atoms with Crippen molar-refractivity contribution in [1.29, 1.82) is 0 Å². The first kappa shape index (κ1) is 28.0. The fraction of sp³-hybridized carbons (Fsp3) is 0.381. The van der Waals surface area contributed by atoms with Gasteiger partial charge in [0.15, 0.2) is 0 Å². The number of amides is 4. The summed E-state index contributed by atoms with van der Waals surface area (Å²) in [5.74, 6) is -4.74. The van der Waals surface area contributed by atoms with E-state index in [1.165, 1.54) is 0 Å². The number of fused-ring (bicyclic) bond motifs is 1. The smallest absolute Gasteiger partial charge is 0.326 e. The van der Waals surface area contributed by atoms with Crippen molar-refractivity contribution in [3.8, 4) is 0 Å². The third-order valence-electron chi connectivity index (χ3n) is 5.10. The van der Waals surface area contributed by atoms with Crippen LogP contribution >= 0.6 is 25.3 Å². The van der Waals surface area contributed by atoms with Gasteiger partial charge in [-0.2, -0.15) is 25.3 Å². The summed E-state index contributed by atoms with van der Waals surface area (Å²) in [4.78, 5) is 63.9. The summed E-state index contributed by atoms with van der Waals surface area (Å²) in [5.41, 5.74) is 12.3. The van der Waals surface area contributed by atoms with Crippen LogP contribution in [-0.4, -0.2) is 75.4 Å². The number of rotatable bonds is 13. The van der Waals surface area contributed by atoms with E-state index >= 15 is 0 Å². The molecule has 0 spiro atoms. The molecule has 1 heterocycles. The van der Waals surface area contributed by atoms with E-state index < -0.39 is 60.2 Å². The standard InChI is InChI=1S/C21H28N6O6S2/c22-12(8-34)18(29)27-16(9-35)20(31)25-14(6-17(23)28)19(30)26-15(21(32)33)5-10-7-24-13-4-2-1-3-11(10)13/h1-4,7,12,14-16,24,34-35H,5-6,8-9,22H2,(H2,23,28)(H,25,31)(H,26,30)(H,27,29)(H,32,33). The summed E-state index contributed by atoms with van der Waals surface area (Å²) in [6, 6.07) is 2.26. The van der Waals surface area contributed by atoms with Crippen LogP contribution in [0.4, 0.5) is 0 Å². The normalized spacial score (nSPS) is 14.4. The van der Waals surface area contributed by atoms with Crippen LogP contribution in [0.3, 0.4) is 0 Å². The maximum Gasteiger partial charge on any atom is 0.326 e. The largest absolute Gasteiger partial charge is 0.480 e. The molecule has 4 amide bonds. The number of nitrogens with one attached hydrogen (secondary N) is 4. The molecule has 4 atom stereocenters. The van der Waals surface area contributed by atoms with Crippen LogP contribution in [0.1, 0.15) is 12.0 Å². The van der Waals surface area contributed by atoms with Crippen LogP contribution in [0.5, 0.6) is 0 Å². The van der Waals surface area contributed by atoms with Gasteiger partial charge in [0.25, 0.3) is 0 Å². The Bertz CT molecular complexity index is 1090. The van der Waals surface area contributed by atoms with Crippen LogP contribution in [0.25, 0.3) is 10.9 Å². The van der Waals surface area contributed by atoms with Gasteiger partial charge < -0.3 is 37.5 Å². The van der Waals surface area contributed by atoms with Gasteiger partial charge >= 0.3 is 5.97 Å². The Labute approximate surface area is 211 Å². The molecule has 0 radical (unpaired) electrons. The molecule has 0 saturated heterocycles. The van der Waals surface area contributed by atoms with Crippen LogP contribution in [0.15, 0.2) is 30.5 Å². The molecule has 4 unspecified atom stereocenters. The number of aromatic amines is 1. The van der Waals surface area contributed by atoms with E-state index in [9.17, 15) is 29.1 Å². The summed E-state index contributed by atoms with van der Waals surface area (Å²) in [7, 11) is 0. The van der Waals surface area contributed by atoms with Gasteiger partial charge in [-0.3, -0.25) is 19.2 Å². The van der Waals surface area contributed by atoms with Crippen molar-refractivity contribution in [3.05, 3.63) is 36.0 Å². The molecule has 12 nitrogen and oxygen atoms in total. The zero-order chi connectivity index (χ0) is 26.1. The quantitative estimate of drug-likeness (QED) is 0.139. The molecule has 0 aliphatic carbocycles. The number of aliphatic carboxylic acids is 1. The Kier molecular flexibility index (Phi) is 10.4. The fourth-order valence-electron chi connectivity index (χ4n) is 3.23. The summed E-state index contributed by atoms with van der Waals surface area (Å²) < 4.78 is 0. The number of hydrogen-bond donors (Lipinski definition) is 9. The van der Waals surface area contributed by atoms with Crippen LogP contribution < -0.4 is 27.4 Å². The first-order chi connectivity index (χ1) is 16.6. The van der Waals surface area contributed by atoms with E-state index in [4.69, 9.17) is 11.5 Å².